The molecular weight excluding hydrogens is 312 g/mol. The maximum atomic E-state index is 6.36. The van der Waals surface area contributed by atoms with Crippen LogP contribution in [0.1, 0.15) is 17.3 Å². The summed E-state index contributed by atoms with van der Waals surface area (Å²) in [4.78, 5) is 10.6. The Hall–Kier alpha value is -2.18. The van der Waals surface area contributed by atoms with Crippen LogP contribution in [0.2, 0.25) is 5.02 Å². The van der Waals surface area contributed by atoms with E-state index in [1.807, 2.05) is 45.3 Å². The van der Waals surface area contributed by atoms with Crippen molar-refractivity contribution in [3.63, 3.8) is 0 Å². The Morgan fingerprint density at radius 3 is 2.83 bits per heavy atom. The maximum Gasteiger partial charge on any atom is 0.254 e. The summed E-state index contributed by atoms with van der Waals surface area (Å²) in [5.74, 6) is 1.45. The number of likely N-dealkylation sites (N-methyl/N-ethyl adjacent to an activating group) is 1. The van der Waals surface area contributed by atoms with Gasteiger partial charge in [-0.3, -0.25) is 0 Å². The molecule has 3 rings (SSSR count). The minimum absolute atomic E-state index is 0.135. The molecule has 1 unspecified atom stereocenters. The predicted octanol–water partition coefficient (Wildman–Crippen LogP) is 2.80. The first kappa shape index (κ1) is 15.7. The number of rotatable bonds is 5. The number of aromatic nitrogens is 4. The van der Waals surface area contributed by atoms with Crippen molar-refractivity contribution in [1.82, 2.24) is 24.5 Å². The SMILES string of the molecule is Cc1cc(NCC(c2ccccc2Cl)N(C)C)n2ncnc2n1. The lowest BCUT2D eigenvalue weighted by atomic mass is 10.1. The van der Waals surface area contributed by atoms with Crippen LogP contribution in [0.3, 0.4) is 0 Å². The van der Waals surface area contributed by atoms with Crippen LogP contribution in [-0.2, 0) is 0 Å². The summed E-state index contributed by atoms with van der Waals surface area (Å²) in [6, 6.07) is 10.0. The lowest BCUT2D eigenvalue weighted by Gasteiger charge is -2.26. The number of nitrogens with one attached hydrogen (secondary N) is 1. The Morgan fingerprint density at radius 2 is 2.09 bits per heavy atom. The van der Waals surface area contributed by atoms with Gasteiger partial charge in [0.15, 0.2) is 0 Å². The molecule has 1 aromatic carbocycles. The van der Waals surface area contributed by atoms with Gasteiger partial charge in [0, 0.05) is 23.3 Å². The van der Waals surface area contributed by atoms with Gasteiger partial charge in [0.25, 0.3) is 5.78 Å². The summed E-state index contributed by atoms with van der Waals surface area (Å²) in [7, 11) is 4.08. The number of anilines is 1. The molecule has 0 aliphatic heterocycles. The van der Waals surface area contributed by atoms with Crippen molar-refractivity contribution >= 4 is 23.2 Å². The Morgan fingerprint density at radius 1 is 1.30 bits per heavy atom. The highest BCUT2D eigenvalue weighted by Gasteiger charge is 2.17. The molecule has 0 aliphatic rings. The van der Waals surface area contributed by atoms with Crippen LogP contribution in [-0.4, -0.2) is 45.1 Å². The molecule has 0 saturated heterocycles. The standard InChI is InChI=1S/C16H19ClN6/c1-11-8-15(23-16(21-11)19-10-20-23)18-9-14(22(2)3)12-6-4-5-7-13(12)17/h4-8,10,14,18H,9H2,1-3H3. The summed E-state index contributed by atoms with van der Waals surface area (Å²) in [5, 5.41) is 8.42. The molecule has 1 atom stereocenters. The van der Waals surface area contributed by atoms with E-state index in [9.17, 15) is 0 Å². The van der Waals surface area contributed by atoms with Crippen molar-refractivity contribution in [2.24, 2.45) is 0 Å². The summed E-state index contributed by atoms with van der Waals surface area (Å²) in [6.07, 6.45) is 1.50. The fraction of sp³-hybridized carbons (Fsp3) is 0.312. The first-order valence-corrected chi connectivity index (χ1v) is 7.76. The Balaban J connectivity index is 1.87. The molecule has 0 bridgehead atoms. The fourth-order valence-electron chi connectivity index (χ4n) is 2.57. The lowest BCUT2D eigenvalue weighted by Crippen LogP contribution is -2.27. The second-order valence-corrected chi connectivity index (χ2v) is 6.04. The number of hydrogen-bond acceptors (Lipinski definition) is 5. The highest BCUT2D eigenvalue weighted by atomic mass is 35.5. The van der Waals surface area contributed by atoms with Gasteiger partial charge in [0.1, 0.15) is 12.1 Å². The largest absolute Gasteiger partial charge is 0.368 e. The molecule has 0 fully saturated rings. The molecule has 0 amide bonds. The van der Waals surface area contributed by atoms with Gasteiger partial charge in [-0.15, -0.1) is 0 Å². The minimum Gasteiger partial charge on any atom is -0.368 e. The smallest absolute Gasteiger partial charge is 0.254 e. The Bertz CT molecular complexity index is 813. The number of nitrogens with zero attached hydrogens (tertiary/aromatic N) is 5. The quantitative estimate of drug-likeness (QED) is 0.779. The van der Waals surface area contributed by atoms with Crippen molar-refractivity contribution in [1.29, 1.82) is 0 Å². The van der Waals surface area contributed by atoms with Gasteiger partial charge in [-0.05, 0) is 32.6 Å². The fourth-order valence-corrected chi connectivity index (χ4v) is 2.84. The topological polar surface area (TPSA) is 58.4 Å². The van der Waals surface area contributed by atoms with Crippen molar-refractivity contribution in [2.45, 2.75) is 13.0 Å². The Labute approximate surface area is 140 Å². The monoisotopic (exact) mass is 330 g/mol. The van der Waals surface area contributed by atoms with E-state index in [1.165, 1.54) is 6.33 Å². The molecule has 0 spiro atoms. The van der Waals surface area contributed by atoms with Crippen molar-refractivity contribution < 1.29 is 0 Å². The van der Waals surface area contributed by atoms with E-state index in [0.29, 0.717) is 12.3 Å². The number of benzene rings is 1. The molecule has 0 radical (unpaired) electrons. The third-order valence-corrected chi connectivity index (χ3v) is 4.09. The average molecular weight is 331 g/mol. The molecule has 0 aliphatic carbocycles. The van der Waals surface area contributed by atoms with Crippen LogP contribution in [0, 0.1) is 6.92 Å². The van der Waals surface area contributed by atoms with E-state index in [1.54, 1.807) is 4.52 Å². The number of fused-ring (bicyclic) bond motifs is 1. The van der Waals surface area contributed by atoms with E-state index in [2.05, 4.69) is 31.3 Å². The summed E-state index contributed by atoms with van der Waals surface area (Å²) < 4.78 is 1.70. The van der Waals surface area contributed by atoms with E-state index < -0.39 is 0 Å². The minimum atomic E-state index is 0.135. The van der Waals surface area contributed by atoms with E-state index in [0.717, 1.165) is 22.1 Å². The van der Waals surface area contributed by atoms with Gasteiger partial charge in [0.05, 0.1) is 6.04 Å². The van der Waals surface area contributed by atoms with E-state index >= 15 is 0 Å². The van der Waals surface area contributed by atoms with E-state index in [4.69, 9.17) is 11.6 Å². The van der Waals surface area contributed by atoms with E-state index in [-0.39, 0.29) is 6.04 Å². The summed E-state index contributed by atoms with van der Waals surface area (Å²) in [5.41, 5.74) is 1.99. The third kappa shape index (κ3) is 3.28. The van der Waals surface area contributed by atoms with Crippen LogP contribution >= 0.6 is 11.6 Å². The maximum absolute atomic E-state index is 6.36. The molecule has 2 aromatic heterocycles. The second-order valence-electron chi connectivity index (χ2n) is 5.64. The third-order valence-electron chi connectivity index (χ3n) is 3.74. The highest BCUT2D eigenvalue weighted by Crippen LogP contribution is 2.26. The lowest BCUT2D eigenvalue weighted by molar-refractivity contribution is 0.311. The van der Waals surface area contributed by atoms with Crippen LogP contribution in [0.5, 0.6) is 0 Å². The van der Waals surface area contributed by atoms with Crippen molar-refractivity contribution in [2.75, 3.05) is 26.0 Å². The highest BCUT2D eigenvalue weighted by molar-refractivity contribution is 6.31. The molecule has 1 N–H and O–H groups in total. The van der Waals surface area contributed by atoms with Gasteiger partial charge >= 0.3 is 0 Å². The molecular formula is C16H19ClN6. The zero-order chi connectivity index (χ0) is 16.4. The van der Waals surface area contributed by atoms with Gasteiger partial charge in [-0.25, -0.2) is 4.98 Å². The van der Waals surface area contributed by atoms with Crippen LogP contribution in [0.25, 0.3) is 5.78 Å². The van der Waals surface area contributed by atoms with Crippen LogP contribution in [0.15, 0.2) is 36.7 Å². The van der Waals surface area contributed by atoms with Gasteiger partial charge < -0.3 is 10.2 Å². The van der Waals surface area contributed by atoms with Crippen LogP contribution in [0.4, 0.5) is 5.82 Å². The summed E-state index contributed by atoms with van der Waals surface area (Å²) >= 11 is 6.36. The normalized spacial score (nSPS) is 12.7. The average Bonchev–Trinajstić information content (AvgIpc) is 2.97. The first-order valence-electron chi connectivity index (χ1n) is 7.38. The van der Waals surface area contributed by atoms with Crippen molar-refractivity contribution in [3.8, 4) is 0 Å². The first-order chi connectivity index (χ1) is 11.1. The van der Waals surface area contributed by atoms with Gasteiger partial charge in [0.2, 0.25) is 0 Å². The van der Waals surface area contributed by atoms with Gasteiger partial charge in [-0.1, -0.05) is 29.8 Å². The molecule has 3 aromatic rings. The molecule has 23 heavy (non-hydrogen) atoms. The predicted molar refractivity (Wildman–Crippen MR) is 91.9 cm³/mol. The molecule has 0 saturated carbocycles. The zero-order valence-electron chi connectivity index (χ0n) is 13.4. The van der Waals surface area contributed by atoms with Crippen LogP contribution < -0.4 is 5.32 Å². The molecule has 120 valence electrons. The van der Waals surface area contributed by atoms with Gasteiger partial charge in [-0.2, -0.15) is 14.6 Å². The zero-order valence-corrected chi connectivity index (χ0v) is 14.1. The van der Waals surface area contributed by atoms with Crippen molar-refractivity contribution in [3.05, 3.63) is 52.9 Å². The molecule has 7 heteroatoms. The number of hydrogen-bond donors (Lipinski definition) is 1. The number of halogens is 1. The Kier molecular flexibility index (Phi) is 4.45. The molecule has 6 nitrogen and oxygen atoms in total. The summed E-state index contributed by atoms with van der Waals surface area (Å²) in [6.45, 7) is 2.63. The number of aryl methyl sites for hydroxylation is 1. The second kappa shape index (κ2) is 6.52. The molecule has 2 heterocycles.